The first-order chi connectivity index (χ1) is 12.1. The van der Waals surface area contributed by atoms with Crippen LogP contribution in [0.15, 0.2) is 29.2 Å². The standard InChI is InChI=1S/C17H24N4O4/c1-13-15(9-21(18-13)5-6-22)8-19-3-4-20(11-16(23)10-19)17(24)14-2-7-25-12-14/h2,7,9,12,16,22-23H,3-6,8,10-11H2,1H3. The molecule has 1 atom stereocenters. The molecule has 8 nitrogen and oxygen atoms in total. The zero-order valence-electron chi connectivity index (χ0n) is 14.3. The molecule has 2 N–H and O–H groups in total. The molecule has 8 heteroatoms. The van der Waals surface area contributed by atoms with Crippen molar-refractivity contribution in [1.82, 2.24) is 19.6 Å². The number of aryl methyl sites for hydroxylation is 1. The Labute approximate surface area is 146 Å². The quantitative estimate of drug-likeness (QED) is 0.796. The summed E-state index contributed by atoms with van der Waals surface area (Å²) >= 11 is 0. The van der Waals surface area contributed by atoms with Crippen LogP contribution in [0.5, 0.6) is 0 Å². The second-order valence-corrected chi connectivity index (χ2v) is 6.38. The van der Waals surface area contributed by atoms with Crippen LogP contribution in [0.25, 0.3) is 0 Å². The van der Waals surface area contributed by atoms with Gasteiger partial charge < -0.3 is 19.5 Å². The minimum Gasteiger partial charge on any atom is -0.472 e. The van der Waals surface area contributed by atoms with Crippen molar-refractivity contribution in [2.45, 2.75) is 26.1 Å². The van der Waals surface area contributed by atoms with Crippen molar-refractivity contribution in [3.05, 3.63) is 41.6 Å². The molecule has 0 aliphatic carbocycles. The minimum absolute atomic E-state index is 0.0497. The summed E-state index contributed by atoms with van der Waals surface area (Å²) in [6.45, 7) is 5.14. The zero-order valence-corrected chi connectivity index (χ0v) is 14.3. The highest BCUT2D eigenvalue weighted by molar-refractivity contribution is 5.93. The van der Waals surface area contributed by atoms with Crippen molar-refractivity contribution in [1.29, 1.82) is 0 Å². The van der Waals surface area contributed by atoms with E-state index in [0.29, 0.717) is 44.8 Å². The van der Waals surface area contributed by atoms with E-state index in [9.17, 15) is 9.90 Å². The second kappa shape index (κ2) is 7.81. The van der Waals surface area contributed by atoms with Crippen LogP contribution in [0.1, 0.15) is 21.6 Å². The van der Waals surface area contributed by atoms with E-state index >= 15 is 0 Å². The predicted molar refractivity (Wildman–Crippen MR) is 89.9 cm³/mol. The van der Waals surface area contributed by atoms with Crippen LogP contribution in [0, 0.1) is 6.92 Å². The topological polar surface area (TPSA) is 95.0 Å². The van der Waals surface area contributed by atoms with Gasteiger partial charge in [0.15, 0.2) is 0 Å². The van der Waals surface area contributed by atoms with Gasteiger partial charge in [-0.3, -0.25) is 14.4 Å². The number of aliphatic hydroxyl groups is 2. The molecule has 0 spiro atoms. The number of hydrogen-bond donors (Lipinski definition) is 2. The highest BCUT2D eigenvalue weighted by Crippen LogP contribution is 2.14. The van der Waals surface area contributed by atoms with Crippen LogP contribution in [0.4, 0.5) is 0 Å². The molecule has 1 fully saturated rings. The Morgan fingerprint density at radius 1 is 1.40 bits per heavy atom. The Morgan fingerprint density at radius 3 is 2.96 bits per heavy atom. The molecule has 3 heterocycles. The summed E-state index contributed by atoms with van der Waals surface area (Å²) in [5.74, 6) is -0.124. The summed E-state index contributed by atoms with van der Waals surface area (Å²) < 4.78 is 6.70. The van der Waals surface area contributed by atoms with E-state index in [0.717, 1.165) is 11.3 Å². The monoisotopic (exact) mass is 348 g/mol. The first-order valence-electron chi connectivity index (χ1n) is 8.42. The third-order valence-corrected chi connectivity index (χ3v) is 4.41. The molecule has 1 aliphatic rings. The molecule has 1 unspecified atom stereocenters. The SMILES string of the molecule is Cc1nn(CCO)cc1CN1CCN(C(=O)c2ccoc2)CC(O)C1. The van der Waals surface area contributed by atoms with Crippen LogP contribution in [-0.2, 0) is 13.1 Å². The Hall–Kier alpha value is -2.16. The van der Waals surface area contributed by atoms with Gasteiger partial charge in [-0.05, 0) is 13.0 Å². The molecule has 1 saturated heterocycles. The van der Waals surface area contributed by atoms with Crippen LogP contribution in [-0.4, -0.2) is 74.6 Å². The number of amides is 1. The van der Waals surface area contributed by atoms with E-state index < -0.39 is 6.10 Å². The first-order valence-corrected chi connectivity index (χ1v) is 8.42. The predicted octanol–water partition coefficient (Wildman–Crippen LogP) is 0.0957. The van der Waals surface area contributed by atoms with Crippen molar-refractivity contribution in [3.63, 3.8) is 0 Å². The Bertz CT molecular complexity index is 698. The number of furan rings is 1. The summed E-state index contributed by atoms with van der Waals surface area (Å²) in [7, 11) is 0. The maximum Gasteiger partial charge on any atom is 0.257 e. The van der Waals surface area contributed by atoms with Crippen LogP contribution in [0.2, 0.25) is 0 Å². The highest BCUT2D eigenvalue weighted by Gasteiger charge is 2.26. The van der Waals surface area contributed by atoms with Crippen LogP contribution >= 0.6 is 0 Å². The van der Waals surface area contributed by atoms with Gasteiger partial charge in [0.05, 0.1) is 36.8 Å². The van der Waals surface area contributed by atoms with Crippen molar-refractivity contribution in [2.75, 3.05) is 32.8 Å². The van der Waals surface area contributed by atoms with Gasteiger partial charge in [-0.25, -0.2) is 0 Å². The molecule has 0 bridgehead atoms. The lowest BCUT2D eigenvalue weighted by molar-refractivity contribution is 0.0662. The molecule has 1 amide bonds. The highest BCUT2D eigenvalue weighted by atomic mass is 16.3. The van der Waals surface area contributed by atoms with E-state index in [2.05, 4.69) is 10.00 Å². The van der Waals surface area contributed by atoms with Crippen molar-refractivity contribution in [3.8, 4) is 0 Å². The molecule has 2 aromatic heterocycles. The van der Waals surface area contributed by atoms with E-state index in [1.54, 1.807) is 15.6 Å². The molecule has 2 aromatic rings. The number of hydrogen-bond acceptors (Lipinski definition) is 6. The Balaban J connectivity index is 1.64. The van der Waals surface area contributed by atoms with Crippen molar-refractivity contribution in [2.24, 2.45) is 0 Å². The molecule has 1 aliphatic heterocycles. The van der Waals surface area contributed by atoms with Crippen LogP contribution in [0.3, 0.4) is 0 Å². The van der Waals surface area contributed by atoms with E-state index in [4.69, 9.17) is 9.52 Å². The van der Waals surface area contributed by atoms with Gasteiger partial charge in [0.2, 0.25) is 0 Å². The Morgan fingerprint density at radius 2 is 2.24 bits per heavy atom. The van der Waals surface area contributed by atoms with Crippen LogP contribution < -0.4 is 0 Å². The van der Waals surface area contributed by atoms with Crippen molar-refractivity contribution >= 4 is 5.91 Å². The lowest BCUT2D eigenvalue weighted by Gasteiger charge is -2.21. The smallest absolute Gasteiger partial charge is 0.257 e. The number of carbonyl (C=O) groups is 1. The third-order valence-electron chi connectivity index (χ3n) is 4.41. The number of carbonyl (C=O) groups excluding carboxylic acids is 1. The summed E-state index contributed by atoms with van der Waals surface area (Å²) in [5, 5.41) is 23.7. The van der Waals surface area contributed by atoms with E-state index in [1.165, 1.54) is 12.5 Å². The summed E-state index contributed by atoms with van der Waals surface area (Å²) in [6.07, 6.45) is 4.22. The molecule has 0 saturated carbocycles. The largest absolute Gasteiger partial charge is 0.472 e. The van der Waals surface area contributed by atoms with Gasteiger partial charge >= 0.3 is 0 Å². The number of nitrogens with zero attached hydrogens (tertiary/aromatic N) is 4. The summed E-state index contributed by atoms with van der Waals surface area (Å²) in [4.78, 5) is 16.2. The van der Waals surface area contributed by atoms with Gasteiger partial charge in [-0.1, -0.05) is 0 Å². The van der Waals surface area contributed by atoms with E-state index in [-0.39, 0.29) is 12.5 Å². The van der Waals surface area contributed by atoms with E-state index in [1.807, 2.05) is 13.1 Å². The van der Waals surface area contributed by atoms with Gasteiger partial charge in [0, 0.05) is 44.5 Å². The number of aliphatic hydroxyl groups excluding tert-OH is 2. The normalized spacial score (nSPS) is 19.2. The average Bonchev–Trinajstić information content (AvgIpc) is 3.17. The zero-order chi connectivity index (χ0) is 17.8. The second-order valence-electron chi connectivity index (χ2n) is 6.38. The lowest BCUT2D eigenvalue weighted by atomic mass is 10.2. The fourth-order valence-electron chi connectivity index (χ4n) is 3.12. The number of aromatic nitrogens is 2. The van der Waals surface area contributed by atoms with Gasteiger partial charge in [0.1, 0.15) is 6.26 Å². The summed E-state index contributed by atoms with van der Waals surface area (Å²) in [6, 6.07) is 1.64. The average molecular weight is 348 g/mol. The molecule has 25 heavy (non-hydrogen) atoms. The molecule has 0 aromatic carbocycles. The lowest BCUT2D eigenvalue weighted by Crippen LogP contribution is -2.37. The van der Waals surface area contributed by atoms with Gasteiger partial charge in [0.25, 0.3) is 5.91 Å². The maximum atomic E-state index is 12.5. The number of rotatable bonds is 5. The molecule has 3 rings (SSSR count). The molecule has 136 valence electrons. The fraction of sp³-hybridized carbons (Fsp3) is 0.529. The first kappa shape index (κ1) is 17.7. The minimum atomic E-state index is -0.605. The summed E-state index contributed by atoms with van der Waals surface area (Å²) in [5.41, 5.74) is 2.48. The van der Waals surface area contributed by atoms with Crippen molar-refractivity contribution < 1.29 is 19.4 Å². The molecule has 0 radical (unpaired) electrons. The third kappa shape index (κ3) is 4.28. The van der Waals surface area contributed by atoms with Gasteiger partial charge in [-0.15, -0.1) is 0 Å². The molecular formula is C17H24N4O4. The molecular weight excluding hydrogens is 324 g/mol. The fourth-order valence-corrected chi connectivity index (χ4v) is 3.12. The Kier molecular flexibility index (Phi) is 5.52. The maximum absolute atomic E-state index is 12.5. The number of β-amino-alcohol motifs (C(OH)–C–C–N with tert-alkyl or cyclic N) is 1. The van der Waals surface area contributed by atoms with Gasteiger partial charge in [-0.2, -0.15) is 5.10 Å².